The summed E-state index contributed by atoms with van der Waals surface area (Å²) in [5.74, 6) is 1.59. The van der Waals surface area contributed by atoms with Crippen LogP contribution in [0.2, 0.25) is 5.02 Å². The Labute approximate surface area is 137 Å². The molecule has 2 heterocycles. The first-order chi connectivity index (χ1) is 10.8. The third kappa shape index (κ3) is 2.79. The van der Waals surface area contributed by atoms with Crippen LogP contribution in [0.25, 0.3) is 11.1 Å². The van der Waals surface area contributed by atoms with E-state index in [0.29, 0.717) is 0 Å². The molecule has 3 heteroatoms. The van der Waals surface area contributed by atoms with Crippen molar-refractivity contribution in [2.24, 2.45) is 11.8 Å². The molecule has 2 aliphatic rings. The molecule has 0 amide bonds. The zero-order valence-electron chi connectivity index (χ0n) is 12.6. The lowest BCUT2D eigenvalue weighted by Crippen LogP contribution is -2.24. The highest BCUT2D eigenvalue weighted by Crippen LogP contribution is 2.31. The average molecular weight is 312 g/mol. The van der Waals surface area contributed by atoms with Gasteiger partial charge in [0.05, 0.1) is 0 Å². The molecule has 1 radical (unpaired) electrons. The van der Waals surface area contributed by atoms with Crippen molar-refractivity contribution in [3.8, 4) is 11.1 Å². The number of hydrogen-bond donors (Lipinski definition) is 0. The highest BCUT2D eigenvalue weighted by Gasteiger charge is 2.36. The van der Waals surface area contributed by atoms with Gasteiger partial charge in [0.25, 0.3) is 0 Å². The van der Waals surface area contributed by atoms with Gasteiger partial charge in [-0.1, -0.05) is 48.0 Å². The van der Waals surface area contributed by atoms with E-state index in [0.717, 1.165) is 36.5 Å². The van der Waals surface area contributed by atoms with Crippen molar-refractivity contribution in [3.63, 3.8) is 0 Å². The van der Waals surface area contributed by atoms with Gasteiger partial charge in [-0.3, -0.25) is 4.90 Å². The van der Waals surface area contributed by atoms with Gasteiger partial charge >= 0.3 is 0 Å². The van der Waals surface area contributed by atoms with E-state index in [1.54, 1.807) is 0 Å². The van der Waals surface area contributed by atoms with Gasteiger partial charge in [0.15, 0.2) is 0 Å². The lowest BCUT2D eigenvalue weighted by Gasteiger charge is -2.19. The van der Waals surface area contributed by atoms with E-state index in [1.165, 1.54) is 29.8 Å². The van der Waals surface area contributed by atoms with Crippen LogP contribution in [0.15, 0.2) is 48.5 Å². The van der Waals surface area contributed by atoms with Gasteiger partial charge in [-0.05, 0) is 40.7 Å². The summed E-state index contributed by atoms with van der Waals surface area (Å²) in [6, 6.07) is 16.9. The third-order valence-electron chi connectivity index (χ3n) is 4.95. The lowest BCUT2D eigenvalue weighted by molar-refractivity contribution is 0.305. The molecule has 0 N–H and O–H groups in total. The summed E-state index contributed by atoms with van der Waals surface area (Å²) < 4.78 is 0. The minimum atomic E-state index is 0.789. The van der Waals surface area contributed by atoms with E-state index in [9.17, 15) is 0 Å². The Bertz CT molecular complexity index is 641. The van der Waals surface area contributed by atoms with Gasteiger partial charge in [-0.25, -0.2) is 5.32 Å². The Morgan fingerprint density at radius 3 is 2.36 bits per heavy atom. The monoisotopic (exact) mass is 311 g/mol. The van der Waals surface area contributed by atoms with Crippen LogP contribution in [0.5, 0.6) is 0 Å². The molecule has 2 aliphatic heterocycles. The Morgan fingerprint density at radius 2 is 1.64 bits per heavy atom. The third-order valence-corrected chi connectivity index (χ3v) is 5.20. The van der Waals surface area contributed by atoms with Gasteiger partial charge < -0.3 is 0 Å². The molecule has 0 aromatic heterocycles. The number of nitrogens with zero attached hydrogens (tertiary/aromatic N) is 2. The summed E-state index contributed by atoms with van der Waals surface area (Å²) >= 11 is 6.01. The first-order valence-corrected chi connectivity index (χ1v) is 8.37. The van der Waals surface area contributed by atoms with Crippen LogP contribution in [0.3, 0.4) is 0 Å². The predicted molar refractivity (Wildman–Crippen MR) is 91.0 cm³/mol. The summed E-state index contributed by atoms with van der Waals surface area (Å²) in [5, 5.41) is 5.33. The predicted octanol–water partition coefficient (Wildman–Crippen LogP) is 3.67. The van der Waals surface area contributed by atoms with Gasteiger partial charge in [-0.2, -0.15) is 0 Å². The SMILES string of the molecule is Clc1ccc(-c2ccccc2CN2CC3C[N]CC3C2)cc1. The molecule has 113 valence electrons. The molecule has 0 bridgehead atoms. The maximum atomic E-state index is 6.01. The molecule has 0 spiro atoms. The second-order valence-electron chi connectivity index (χ2n) is 6.47. The summed E-state index contributed by atoms with van der Waals surface area (Å²) in [4.78, 5) is 2.60. The van der Waals surface area contributed by atoms with Gasteiger partial charge in [0.2, 0.25) is 0 Å². The van der Waals surface area contributed by atoms with Gasteiger partial charge in [0.1, 0.15) is 0 Å². The van der Waals surface area contributed by atoms with E-state index < -0.39 is 0 Å². The second kappa shape index (κ2) is 6.04. The van der Waals surface area contributed by atoms with E-state index in [2.05, 4.69) is 46.6 Å². The van der Waals surface area contributed by atoms with Crippen LogP contribution in [0.1, 0.15) is 5.56 Å². The van der Waals surface area contributed by atoms with E-state index in [-0.39, 0.29) is 0 Å². The zero-order valence-corrected chi connectivity index (χ0v) is 13.3. The van der Waals surface area contributed by atoms with E-state index >= 15 is 0 Å². The van der Waals surface area contributed by atoms with Gasteiger partial charge in [0, 0.05) is 37.7 Å². The van der Waals surface area contributed by atoms with Crippen LogP contribution in [-0.4, -0.2) is 31.1 Å². The van der Waals surface area contributed by atoms with Crippen LogP contribution in [-0.2, 0) is 6.54 Å². The van der Waals surface area contributed by atoms with E-state index in [1.807, 2.05) is 12.1 Å². The fourth-order valence-electron chi connectivity index (χ4n) is 3.80. The Hall–Kier alpha value is -1.35. The topological polar surface area (TPSA) is 17.3 Å². The molecule has 4 rings (SSSR count). The van der Waals surface area contributed by atoms with E-state index in [4.69, 9.17) is 11.6 Å². The number of likely N-dealkylation sites (tertiary alicyclic amines) is 1. The van der Waals surface area contributed by atoms with Crippen molar-refractivity contribution in [1.29, 1.82) is 0 Å². The molecule has 2 nitrogen and oxygen atoms in total. The van der Waals surface area contributed by atoms with Crippen molar-refractivity contribution >= 4 is 11.6 Å². The molecule has 22 heavy (non-hydrogen) atoms. The lowest BCUT2D eigenvalue weighted by atomic mass is 9.99. The highest BCUT2D eigenvalue weighted by atomic mass is 35.5. The smallest absolute Gasteiger partial charge is 0.0406 e. The van der Waals surface area contributed by atoms with Crippen molar-refractivity contribution in [2.45, 2.75) is 6.54 Å². The van der Waals surface area contributed by atoms with Crippen molar-refractivity contribution in [3.05, 3.63) is 59.1 Å². The molecular formula is C19H20ClN2. The van der Waals surface area contributed by atoms with Crippen LogP contribution >= 0.6 is 11.6 Å². The summed E-state index contributed by atoms with van der Waals surface area (Å²) in [7, 11) is 0. The highest BCUT2D eigenvalue weighted by molar-refractivity contribution is 6.30. The molecule has 2 aromatic carbocycles. The Morgan fingerprint density at radius 1 is 0.955 bits per heavy atom. The number of rotatable bonds is 3. The Balaban J connectivity index is 1.56. The summed E-state index contributed by atoms with van der Waals surface area (Å²) in [6.07, 6.45) is 0. The number of halogens is 1. The number of benzene rings is 2. The fraction of sp³-hybridized carbons (Fsp3) is 0.368. The van der Waals surface area contributed by atoms with Crippen LogP contribution in [0, 0.1) is 11.8 Å². The second-order valence-corrected chi connectivity index (χ2v) is 6.90. The summed E-state index contributed by atoms with van der Waals surface area (Å²) in [5.41, 5.74) is 3.97. The fourth-order valence-corrected chi connectivity index (χ4v) is 3.92. The molecule has 0 aliphatic carbocycles. The summed E-state index contributed by atoms with van der Waals surface area (Å²) in [6.45, 7) is 5.57. The van der Waals surface area contributed by atoms with Crippen LogP contribution < -0.4 is 5.32 Å². The number of fused-ring (bicyclic) bond motifs is 1. The molecule has 0 saturated carbocycles. The Kier molecular flexibility index (Phi) is 3.91. The van der Waals surface area contributed by atoms with Crippen LogP contribution in [0.4, 0.5) is 0 Å². The molecule has 2 aromatic rings. The molecule has 2 unspecified atom stereocenters. The maximum Gasteiger partial charge on any atom is 0.0406 e. The standard InChI is InChI=1S/C19H20ClN2/c20-18-7-5-14(6-8-18)19-4-2-1-3-15(19)11-22-12-16-9-21-10-17(16)13-22/h1-8,16-17H,9-13H2. The largest absolute Gasteiger partial charge is 0.298 e. The first kappa shape index (κ1) is 14.3. The normalized spacial score (nSPS) is 24.6. The zero-order chi connectivity index (χ0) is 14.9. The average Bonchev–Trinajstić information content (AvgIpc) is 3.10. The van der Waals surface area contributed by atoms with Crippen molar-refractivity contribution in [1.82, 2.24) is 10.2 Å². The van der Waals surface area contributed by atoms with Crippen molar-refractivity contribution in [2.75, 3.05) is 26.2 Å². The molecule has 2 fully saturated rings. The van der Waals surface area contributed by atoms with Crippen molar-refractivity contribution < 1.29 is 0 Å². The maximum absolute atomic E-state index is 6.01. The molecule has 2 saturated heterocycles. The molecule has 2 atom stereocenters. The minimum Gasteiger partial charge on any atom is -0.298 e. The van der Waals surface area contributed by atoms with Gasteiger partial charge in [-0.15, -0.1) is 0 Å². The first-order valence-electron chi connectivity index (χ1n) is 7.99. The molecular weight excluding hydrogens is 292 g/mol. The number of hydrogen-bond acceptors (Lipinski definition) is 1. The quantitative estimate of drug-likeness (QED) is 0.845. The minimum absolute atomic E-state index is 0.789.